The maximum atomic E-state index is 11.0. The lowest BCUT2D eigenvalue weighted by molar-refractivity contribution is 0.100. The molecule has 120 valence electrons. The Hall–Kier alpha value is -2.60. The summed E-state index contributed by atoms with van der Waals surface area (Å²) in [5.41, 5.74) is 7.58. The Bertz CT molecular complexity index is 686. The van der Waals surface area contributed by atoms with Crippen molar-refractivity contribution in [3.8, 4) is 5.75 Å². The number of benzene rings is 2. The van der Waals surface area contributed by atoms with Crippen LogP contribution in [-0.2, 0) is 6.42 Å². The summed E-state index contributed by atoms with van der Waals surface area (Å²) in [5.74, 6) is 0.421. The molecule has 6 heteroatoms. The average molecular weight is 329 g/mol. The van der Waals surface area contributed by atoms with E-state index in [0.29, 0.717) is 17.2 Å². The third kappa shape index (κ3) is 4.96. The quantitative estimate of drug-likeness (QED) is 0.709. The summed E-state index contributed by atoms with van der Waals surface area (Å²) in [5, 5.41) is 6.72. The molecule has 0 fully saturated rings. The number of nitrogens with two attached hydrogens (primary N) is 1. The standard InChI is InChI=1S/C17H19N3O2S/c1-22-15-5-3-2-4-12(15)10-11-19-17(23)20-14-8-6-13(7-9-14)16(18)21/h2-9H,10-11H2,1H3,(H2,18,21)(H2,19,20,23). The van der Waals surface area contributed by atoms with E-state index < -0.39 is 5.91 Å². The molecule has 5 nitrogen and oxygen atoms in total. The molecule has 0 atom stereocenters. The highest BCUT2D eigenvalue weighted by atomic mass is 32.1. The molecule has 0 aliphatic rings. The highest BCUT2D eigenvalue weighted by molar-refractivity contribution is 7.80. The number of hydrogen-bond donors (Lipinski definition) is 3. The van der Waals surface area contributed by atoms with Crippen molar-refractivity contribution in [3.63, 3.8) is 0 Å². The SMILES string of the molecule is COc1ccccc1CCNC(=S)Nc1ccc(C(N)=O)cc1. The van der Waals surface area contributed by atoms with Crippen molar-refractivity contribution in [2.75, 3.05) is 19.0 Å². The van der Waals surface area contributed by atoms with E-state index in [9.17, 15) is 4.79 Å². The second-order valence-electron chi connectivity index (χ2n) is 4.88. The number of primary amides is 1. The van der Waals surface area contributed by atoms with E-state index in [1.54, 1.807) is 31.4 Å². The third-order valence-electron chi connectivity index (χ3n) is 3.30. The van der Waals surface area contributed by atoms with Crippen molar-refractivity contribution in [2.24, 2.45) is 5.73 Å². The maximum Gasteiger partial charge on any atom is 0.248 e. The van der Waals surface area contributed by atoms with E-state index in [4.69, 9.17) is 22.7 Å². The molecule has 0 spiro atoms. The van der Waals surface area contributed by atoms with Crippen LogP contribution in [0.1, 0.15) is 15.9 Å². The predicted molar refractivity (Wildman–Crippen MR) is 95.9 cm³/mol. The van der Waals surface area contributed by atoms with Crippen LogP contribution >= 0.6 is 12.2 Å². The Balaban J connectivity index is 1.82. The van der Waals surface area contributed by atoms with Crippen molar-refractivity contribution in [1.82, 2.24) is 5.32 Å². The Morgan fingerprint density at radius 3 is 2.52 bits per heavy atom. The molecule has 0 bridgehead atoms. The maximum absolute atomic E-state index is 11.0. The summed E-state index contributed by atoms with van der Waals surface area (Å²) >= 11 is 5.25. The lowest BCUT2D eigenvalue weighted by atomic mass is 10.1. The molecule has 0 aromatic heterocycles. The zero-order valence-corrected chi connectivity index (χ0v) is 13.7. The summed E-state index contributed by atoms with van der Waals surface area (Å²) in [7, 11) is 1.66. The van der Waals surface area contributed by atoms with Crippen LogP contribution in [-0.4, -0.2) is 24.7 Å². The van der Waals surface area contributed by atoms with Crippen molar-refractivity contribution in [1.29, 1.82) is 0 Å². The highest BCUT2D eigenvalue weighted by Crippen LogP contribution is 2.17. The van der Waals surface area contributed by atoms with E-state index in [0.717, 1.165) is 23.4 Å². The fraction of sp³-hybridized carbons (Fsp3) is 0.176. The molecule has 0 heterocycles. The van der Waals surface area contributed by atoms with Gasteiger partial charge >= 0.3 is 0 Å². The average Bonchev–Trinajstić information content (AvgIpc) is 2.55. The Morgan fingerprint density at radius 1 is 1.17 bits per heavy atom. The molecule has 0 aliphatic carbocycles. The van der Waals surface area contributed by atoms with Crippen LogP contribution in [0.4, 0.5) is 5.69 Å². The van der Waals surface area contributed by atoms with Gasteiger partial charge in [0.05, 0.1) is 7.11 Å². The number of ether oxygens (including phenoxy) is 1. The van der Waals surface area contributed by atoms with E-state index in [1.807, 2.05) is 24.3 Å². The smallest absolute Gasteiger partial charge is 0.248 e. The van der Waals surface area contributed by atoms with Gasteiger partial charge < -0.3 is 21.1 Å². The van der Waals surface area contributed by atoms with Gasteiger partial charge in [-0.15, -0.1) is 0 Å². The minimum Gasteiger partial charge on any atom is -0.496 e. The molecule has 23 heavy (non-hydrogen) atoms. The molecule has 0 aliphatic heterocycles. The fourth-order valence-electron chi connectivity index (χ4n) is 2.11. The highest BCUT2D eigenvalue weighted by Gasteiger charge is 2.03. The van der Waals surface area contributed by atoms with Gasteiger partial charge in [0.25, 0.3) is 0 Å². The van der Waals surface area contributed by atoms with Gasteiger partial charge in [-0.2, -0.15) is 0 Å². The number of carbonyl (C=O) groups is 1. The van der Waals surface area contributed by atoms with Crippen LogP contribution in [0, 0.1) is 0 Å². The first kappa shape index (κ1) is 16.8. The molecule has 4 N–H and O–H groups in total. The van der Waals surface area contributed by atoms with Gasteiger partial charge in [-0.1, -0.05) is 18.2 Å². The normalized spacial score (nSPS) is 9.96. The van der Waals surface area contributed by atoms with Crippen LogP contribution in [0.5, 0.6) is 5.75 Å². The van der Waals surface area contributed by atoms with Crippen LogP contribution in [0.2, 0.25) is 0 Å². The van der Waals surface area contributed by atoms with Gasteiger partial charge in [0.15, 0.2) is 5.11 Å². The van der Waals surface area contributed by atoms with Gasteiger partial charge in [0, 0.05) is 17.8 Å². The molecule has 0 radical (unpaired) electrons. The third-order valence-corrected chi connectivity index (χ3v) is 3.55. The summed E-state index contributed by atoms with van der Waals surface area (Å²) in [6.45, 7) is 0.686. The van der Waals surface area contributed by atoms with Crippen LogP contribution in [0.15, 0.2) is 48.5 Å². The Labute approximate surface area is 140 Å². The summed E-state index contributed by atoms with van der Waals surface area (Å²) < 4.78 is 5.32. The molecule has 2 rings (SSSR count). The van der Waals surface area contributed by atoms with Crippen molar-refractivity contribution < 1.29 is 9.53 Å². The van der Waals surface area contributed by atoms with E-state index in [1.165, 1.54) is 0 Å². The minimum absolute atomic E-state index is 0.450. The largest absolute Gasteiger partial charge is 0.496 e. The molecule has 1 amide bonds. The fourth-order valence-corrected chi connectivity index (χ4v) is 2.33. The number of hydrogen-bond acceptors (Lipinski definition) is 3. The molecule has 0 saturated carbocycles. The van der Waals surface area contributed by atoms with Gasteiger partial charge in [0.2, 0.25) is 5.91 Å². The first-order valence-electron chi connectivity index (χ1n) is 7.17. The van der Waals surface area contributed by atoms with Gasteiger partial charge in [-0.05, 0) is 54.5 Å². The lowest BCUT2D eigenvalue weighted by Gasteiger charge is -2.12. The number of para-hydroxylation sites is 1. The first-order chi connectivity index (χ1) is 11.1. The minimum atomic E-state index is -0.450. The number of amides is 1. The van der Waals surface area contributed by atoms with Gasteiger partial charge in [-0.3, -0.25) is 4.79 Å². The molecule has 2 aromatic carbocycles. The van der Waals surface area contributed by atoms with E-state index >= 15 is 0 Å². The number of anilines is 1. The van der Waals surface area contributed by atoms with Crippen molar-refractivity contribution in [2.45, 2.75) is 6.42 Å². The lowest BCUT2D eigenvalue weighted by Crippen LogP contribution is -2.30. The van der Waals surface area contributed by atoms with Crippen molar-refractivity contribution in [3.05, 3.63) is 59.7 Å². The van der Waals surface area contributed by atoms with E-state index in [-0.39, 0.29) is 0 Å². The topological polar surface area (TPSA) is 76.4 Å². The van der Waals surface area contributed by atoms with E-state index in [2.05, 4.69) is 10.6 Å². The monoisotopic (exact) mass is 329 g/mol. The second-order valence-corrected chi connectivity index (χ2v) is 5.29. The van der Waals surface area contributed by atoms with Crippen LogP contribution in [0.3, 0.4) is 0 Å². The molecular weight excluding hydrogens is 310 g/mol. The second kappa shape index (κ2) is 8.14. The van der Waals surface area contributed by atoms with Gasteiger partial charge in [0.1, 0.15) is 5.75 Å². The summed E-state index contributed by atoms with van der Waals surface area (Å²) in [6, 6.07) is 14.7. The molecule has 0 unspecified atom stereocenters. The summed E-state index contributed by atoms with van der Waals surface area (Å²) in [6.07, 6.45) is 0.798. The van der Waals surface area contributed by atoms with Gasteiger partial charge in [-0.25, -0.2) is 0 Å². The Kier molecular flexibility index (Phi) is 5.94. The number of rotatable bonds is 6. The van der Waals surface area contributed by atoms with Crippen molar-refractivity contribution >= 4 is 28.9 Å². The number of nitrogens with one attached hydrogen (secondary N) is 2. The number of carbonyl (C=O) groups excluding carboxylic acids is 1. The van der Waals surface area contributed by atoms with Crippen LogP contribution < -0.4 is 21.1 Å². The zero-order chi connectivity index (χ0) is 16.7. The number of thiocarbonyl (C=S) groups is 1. The molecular formula is C17H19N3O2S. The number of methoxy groups -OCH3 is 1. The zero-order valence-electron chi connectivity index (χ0n) is 12.8. The predicted octanol–water partition coefficient (Wildman–Crippen LogP) is 2.32. The molecule has 2 aromatic rings. The molecule has 0 saturated heterocycles. The first-order valence-corrected chi connectivity index (χ1v) is 7.57. The van der Waals surface area contributed by atoms with Crippen LogP contribution in [0.25, 0.3) is 0 Å². The Morgan fingerprint density at radius 2 is 1.87 bits per heavy atom. The summed E-state index contributed by atoms with van der Waals surface area (Å²) in [4.78, 5) is 11.0.